The molecule has 0 atom stereocenters. The number of nitrogens with zero attached hydrogens (tertiary/aromatic N) is 2. The lowest BCUT2D eigenvalue weighted by Crippen LogP contribution is -1.55. The highest BCUT2D eigenvalue weighted by Crippen LogP contribution is 1.28. The second kappa shape index (κ2) is 133. The van der Waals surface area contributed by atoms with Gasteiger partial charge >= 0.3 is 0 Å². The lowest BCUT2D eigenvalue weighted by molar-refractivity contribution is 0.277. The third-order valence-electron chi connectivity index (χ3n) is 0. The molecule has 0 aromatic heterocycles. The molecule has 0 saturated heterocycles. The summed E-state index contributed by atoms with van der Waals surface area (Å²) in [6.07, 6.45) is 0. The molecular formula is C2H6N2O. The molecule has 0 aliphatic rings. The Morgan fingerprint density at radius 3 is 1.20 bits per heavy atom. The van der Waals surface area contributed by atoms with Crippen LogP contribution in [0.15, 0.2) is 0 Å². The Labute approximate surface area is 31.0 Å². The van der Waals surface area contributed by atoms with Gasteiger partial charge in [-0.05, 0) is 0 Å². The smallest absolute Gasteiger partial charge is 0.0351 e. The summed E-state index contributed by atoms with van der Waals surface area (Å²) in [6.45, 7) is 0. The van der Waals surface area contributed by atoms with Crippen molar-refractivity contribution in [2.24, 2.45) is 0 Å². The minimum absolute atomic E-state index is 1.62. The first kappa shape index (κ1) is 8.83. The highest BCUT2D eigenvalue weighted by molar-refractivity contribution is 3.56. The molecule has 3 nitrogen and oxygen atoms in total. The lowest BCUT2D eigenvalue weighted by atomic mass is 11.6. The molecule has 0 saturated carbocycles. The summed E-state index contributed by atoms with van der Waals surface area (Å²) in [5.41, 5.74) is 0. The number of rotatable bonds is 0. The molecule has 0 spiro atoms. The zero-order chi connectivity index (χ0) is 4.71. The fraction of sp³-hybridized carbons (Fsp3) is 1.00. The zero-order valence-corrected chi connectivity index (χ0v) is 3.30. The van der Waals surface area contributed by atoms with Crippen molar-refractivity contribution in [3.05, 3.63) is 0 Å². The van der Waals surface area contributed by atoms with E-state index in [1.54, 1.807) is 14.2 Å². The van der Waals surface area contributed by atoms with Gasteiger partial charge in [0.15, 0.2) is 0 Å². The minimum atomic E-state index is 1.62. The second-order valence-corrected chi connectivity index (χ2v) is 0.408. The summed E-state index contributed by atoms with van der Waals surface area (Å²) < 4.78 is 4.25. The molecule has 0 unspecified atom stereocenters. The van der Waals surface area contributed by atoms with Crippen molar-refractivity contribution >= 4 is 0 Å². The van der Waals surface area contributed by atoms with Crippen LogP contribution in [0.1, 0.15) is 0 Å². The van der Waals surface area contributed by atoms with Gasteiger partial charge in [0.2, 0.25) is 0 Å². The normalized spacial score (nSPS) is 4.00. The summed E-state index contributed by atoms with van der Waals surface area (Å²) in [5.74, 6) is 0. The minimum Gasteiger partial charge on any atom is -0.388 e. The van der Waals surface area contributed by atoms with E-state index in [9.17, 15) is 0 Å². The summed E-state index contributed by atoms with van der Waals surface area (Å²) >= 11 is 0. The van der Waals surface area contributed by atoms with Crippen LogP contribution in [-0.4, -0.2) is 14.2 Å². The van der Waals surface area contributed by atoms with Crippen molar-refractivity contribution in [1.29, 1.82) is 10.8 Å². The van der Waals surface area contributed by atoms with Gasteiger partial charge < -0.3 is 4.74 Å². The van der Waals surface area contributed by atoms with Crippen LogP contribution in [0, 0.1) is 10.8 Å². The molecule has 0 aliphatic heterocycles. The van der Waals surface area contributed by atoms with Gasteiger partial charge in [0.05, 0.1) is 0 Å². The van der Waals surface area contributed by atoms with Gasteiger partial charge in [-0.15, -0.1) is 0 Å². The highest BCUT2D eigenvalue weighted by Gasteiger charge is 1.25. The Bertz CT molecular complexity index is 18.9. The Hall–Kier alpha value is -0.620. The van der Waals surface area contributed by atoms with Crippen LogP contribution < -0.4 is 0 Å². The van der Waals surface area contributed by atoms with Crippen LogP contribution in [-0.2, 0) is 4.74 Å². The summed E-state index contributed by atoms with van der Waals surface area (Å²) in [5, 5.41) is 12.0. The number of ether oxygens (including phenoxy) is 1. The fourth-order valence-electron chi connectivity index (χ4n) is 0. The van der Waals surface area contributed by atoms with Gasteiger partial charge in [-0.3, -0.25) is 0 Å². The second-order valence-electron chi connectivity index (χ2n) is 0.408. The Morgan fingerprint density at radius 1 is 1.20 bits per heavy atom. The number of hydrogen-bond donors (Lipinski definition) is 0. The molecule has 0 N–H and O–H groups in total. The van der Waals surface area contributed by atoms with Crippen LogP contribution in [0.25, 0.3) is 0 Å². The monoisotopic (exact) mass is 74.0 g/mol. The summed E-state index contributed by atoms with van der Waals surface area (Å²) in [7, 11) is 3.25. The predicted molar refractivity (Wildman–Crippen MR) is 16.4 cm³/mol. The van der Waals surface area contributed by atoms with E-state index in [2.05, 4.69) is 4.74 Å². The van der Waals surface area contributed by atoms with Crippen LogP contribution in [0.3, 0.4) is 0 Å². The van der Waals surface area contributed by atoms with Gasteiger partial charge in [-0.25, -0.2) is 0 Å². The molecule has 0 aliphatic carbocycles. The predicted octanol–water partition coefficient (Wildman–Crippen LogP) is 0.293. The average Bonchev–Trinajstić information content (AvgIpc) is 1.46. The van der Waals surface area contributed by atoms with Crippen molar-refractivity contribution in [3.63, 3.8) is 0 Å². The third-order valence-corrected chi connectivity index (χ3v) is 0. The van der Waals surface area contributed by atoms with Crippen molar-refractivity contribution in [2.75, 3.05) is 14.2 Å². The molecule has 0 radical (unpaired) electrons. The van der Waals surface area contributed by atoms with E-state index in [4.69, 9.17) is 10.8 Å². The fourth-order valence-corrected chi connectivity index (χ4v) is 0. The third kappa shape index (κ3) is 16.7. The van der Waals surface area contributed by atoms with E-state index in [0.29, 0.717) is 0 Å². The van der Waals surface area contributed by atoms with E-state index < -0.39 is 0 Å². The number of methoxy groups -OCH3 is 1. The molecule has 0 amide bonds. The van der Waals surface area contributed by atoms with Crippen LogP contribution >= 0.6 is 0 Å². The van der Waals surface area contributed by atoms with Gasteiger partial charge in [0.25, 0.3) is 0 Å². The summed E-state index contributed by atoms with van der Waals surface area (Å²) in [4.78, 5) is 0. The van der Waals surface area contributed by atoms with Crippen molar-refractivity contribution in [2.45, 2.75) is 0 Å². The van der Waals surface area contributed by atoms with Crippen LogP contribution in [0.5, 0.6) is 0 Å². The van der Waals surface area contributed by atoms with E-state index >= 15 is 0 Å². The molecular weight excluding hydrogens is 68.0 g/mol. The van der Waals surface area contributed by atoms with Gasteiger partial charge in [-0.2, -0.15) is 0 Å². The first-order valence-corrected chi connectivity index (χ1v) is 1.02. The van der Waals surface area contributed by atoms with Crippen molar-refractivity contribution in [1.82, 2.24) is 0 Å². The van der Waals surface area contributed by atoms with Crippen LogP contribution in [0.2, 0.25) is 0 Å². The highest BCUT2D eigenvalue weighted by atomic mass is 16.4. The maximum Gasteiger partial charge on any atom is 0.0351 e. The molecule has 0 heterocycles. The van der Waals surface area contributed by atoms with E-state index in [-0.39, 0.29) is 0 Å². The van der Waals surface area contributed by atoms with Crippen molar-refractivity contribution in [3.8, 4) is 0 Å². The Morgan fingerprint density at radius 2 is 1.20 bits per heavy atom. The Kier molecular flexibility index (Phi) is 234. The first-order valence-electron chi connectivity index (χ1n) is 1.02. The molecule has 0 aromatic carbocycles. The topological polar surface area (TPSA) is 56.8 Å². The van der Waals surface area contributed by atoms with Crippen molar-refractivity contribution < 1.29 is 4.74 Å². The Balaban J connectivity index is 0. The van der Waals surface area contributed by atoms with Gasteiger partial charge in [-0.1, -0.05) is 0 Å². The lowest BCUT2D eigenvalue weighted by Gasteiger charge is -1.61. The van der Waals surface area contributed by atoms with Gasteiger partial charge in [0.1, 0.15) is 0 Å². The number of hydrogen-bond acceptors (Lipinski definition) is 3. The van der Waals surface area contributed by atoms with E-state index in [0.717, 1.165) is 0 Å². The average molecular weight is 74.1 g/mol. The standard InChI is InChI=1S/C2H6O.N2/c1-3-2;1-2/h1-2H3;. The van der Waals surface area contributed by atoms with Crippen LogP contribution in [0.4, 0.5) is 0 Å². The SMILES string of the molecule is COC.N#N. The molecule has 0 bridgehead atoms. The maximum atomic E-state index is 6.00. The quantitative estimate of drug-likeness (QED) is 0.388. The molecule has 0 aromatic rings. The molecule has 0 fully saturated rings. The zero-order valence-electron chi connectivity index (χ0n) is 3.30. The molecule has 3 heteroatoms. The van der Waals surface area contributed by atoms with E-state index in [1.807, 2.05) is 0 Å². The molecule has 0 rings (SSSR count). The maximum absolute atomic E-state index is 6.00. The molecule has 5 heavy (non-hydrogen) atoms. The first-order chi connectivity index (χ1) is 2.41. The largest absolute Gasteiger partial charge is 0.388 e. The van der Waals surface area contributed by atoms with Gasteiger partial charge in [0, 0.05) is 25.0 Å². The van der Waals surface area contributed by atoms with E-state index in [1.165, 1.54) is 0 Å². The summed E-state index contributed by atoms with van der Waals surface area (Å²) in [6, 6.07) is 0. The molecule has 30 valence electrons.